The van der Waals surface area contributed by atoms with E-state index in [1.807, 2.05) is 0 Å². The number of hydrogen-bond acceptors (Lipinski definition) is 4. The molecule has 0 atom stereocenters. The molecule has 0 aliphatic carbocycles. The first kappa shape index (κ1) is 19.0. The van der Waals surface area contributed by atoms with Crippen molar-refractivity contribution in [3.05, 3.63) is 65.2 Å². The SMILES string of the molecule is Cc1ccccc1C(=O)OCC(=O)NCC(=O)Nc1ccc(F)c(F)c1. The van der Waals surface area contributed by atoms with Gasteiger partial charge in [-0.3, -0.25) is 9.59 Å². The molecule has 0 spiro atoms. The Bertz CT molecular complexity index is 840. The number of amides is 2. The van der Waals surface area contributed by atoms with Crippen molar-refractivity contribution in [2.75, 3.05) is 18.5 Å². The van der Waals surface area contributed by atoms with Gasteiger partial charge < -0.3 is 15.4 Å². The molecule has 0 bridgehead atoms. The van der Waals surface area contributed by atoms with E-state index in [1.165, 1.54) is 6.07 Å². The molecule has 136 valence electrons. The number of carbonyl (C=O) groups is 3. The molecule has 26 heavy (non-hydrogen) atoms. The van der Waals surface area contributed by atoms with Crippen LogP contribution in [0.25, 0.3) is 0 Å². The summed E-state index contributed by atoms with van der Waals surface area (Å²) in [5.74, 6) is -4.10. The van der Waals surface area contributed by atoms with E-state index in [-0.39, 0.29) is 5.69 Å². The number of halogens is 2. The normalized spacial score (nSPS) is 10.1. The summed E-state index contributed by atoms with van der Waals surface area (Å²) < 4.78 is 30.7. The second-order valence-corrected chi connectivity index (χ2v) is 5.34. The van der Waals surface area contributed by atoms with Crippen molar-refractivity contribution in [2.45, 2.75) is 6.92 Å². The third-order valence-electron chi connectivity index (χ3n) is 3.35. The minimum absolute atomic E-state index is 0.0501. The summed E-state index contributed by atoms with van der Waals surface area (Å²) in [5.41, 5.74) is 1.11. The number of carbonyl (C=O) groups excluding carboxylic acids is 3. The molecule has 0 unspecified atom stereocenters. The number of esters is 1. The molecular weight excluding hydrogens is 346 g/mol. The summed E-state index contributed by atoms with van der Waals surface area (Å²) in [4.78, 5) is 35.2. The van der Waals surface area contributed by atoms with Gasteiger partial charge in [-0.15, -0.1) is 0 Å². The van der Waals surface area contributed by atoms with Crippen molar-refractivity contribution in [3.63, 3.8) is 0 Å². The molecule has 0 saturated heterocycles. The molecule has 0 aromatic heterocycles. The van der Waals surface area contributed by atoms with Crippen molar-refractivity contribution in [3.8, 4) is 0 Å². The van der Waals surface area contributed by atoms with E-state index in [0.29, 0.717) is 11.1 Å². The molecule has 0 saturated carbocycles. The van der Waals surface area contributed by atoms with Gasteiger partial charge in [0.15, 0.2) is 18.2 Å². The highest BCUT2D eigenvalue weighted by molar-refractivity contribution is 5.95. The van der Waals surface area contributed by atoms with Gasteiger partial charge in [0, 0.05) is 11.8 Å². The Kier molecular flexibility index (Phi) is 6.37. The Labute approximate surface area is 148 Å². The Morgan fingerprint density at radius 3 is 2.42 bits per heavy atom. The number of hydrogen-bond donors (Lipinski definition) is 2. The van der Waals surface area contributed by atoms with Crippen LogP contribution in [0, 0.1) is 18.6 Å². The molecule has 2 aromatic rings. The summed E-state index contributed by atoms with van der Waals surface area (Å²) in [6.45, 7) is 0.769. The summed E-state index contributed by atoms with van der Waals surface area (Å²) in [5, 5.41) is 4.55. The maximum Gasteiger partial charge on any atom is 0.338 e. The Balaban J connectivity index is 1.76. The molecular formula is C18H16F2N2O4. The standard InChI is InChI=1S/C18H16F2N2O4/c1-11-4-2-3-5-13(11)18(25)26-10-17(24)21-9-16(23)22-12-6-7-14(19)15(20)8-12/h2-8H,9-10H2,1H3,(H,21,24)(H,22,23). The average Bonchev–Trinajstić information content (AvgIpc) is 2.61. The second-order valence-electron chi connectivity index (χ2n) is 5.34. The summed E-state index contributed by atoms with van der Waals surface area (Å²) in [6, 6.07) is 9.62. The van der Waals surface area contributed by atoms with Crippen molar-refractivity contribution in [2.24, 2.45) is 0 Å². The molecule has 8 heteroatoms. The first-order chi connectivity index (χ1) is 12.4. The molecule has 2 aromatic carbocycles. The molecule has 0 aliphatic heterocycles. The first-order valence-electron chi connectivity index (χ1n) is 7.61. The van der Waals surface area contributed by atoms with E-state index in [9.17, 15) is 23.2 Å². The van der Waals surface area contributed by atoms with Gasteiger partial charge in [0.1, 0.15) is 0 Å². The fourth-order valence-electron chi connectivity index (χ4n) is 2.02. The molecule has 6 nitrogen and oxygen atoms in total. The molecule has 2 N–H and O–H groups in total. The van der Waals surface area contributed by atoms with Crippen LogP contribution >= 0.6 is 0 Å². The van der Waals surface area contributed by atoms with Gasteiger partial charge in [-0.05, 0) is 30.7 Å². The Morgan fingerprint density at radius 2 is 1.73 bits per heavy atom. The molecule has 0 radical (unpaired) electrons. The number of anilines is 1. The van der Waals surface area contributed by atoms with E-state index < -0.39 is 42.6 Å². The Morgan fingerprint density at radius 1 is 1.00 bits per heavy atom. The molecule has 2 rings (SSSR count). The van der Waals surface area contributed by atoms with Gasteiger partial charge in [-0.2, -0.15) is 0 Å². The van der Waals surface area contributed by atoms with Crippen molar-refractivity contribution in [1.29, 1.82) is 0 Å². The summed E-state index contributed by atoms with van der Waals surface area (Å²) in [6.07, 6.45) is 0. The fraction of sp³-hybridized carbons (Fsp3) is 0.167. The fourth-order valence-corrected chi connectivity index (χ4v) is 2.02. The lowest BCUT2D eigenvalue weighted by Crippen LogP contribution is -2.35. The Hall–Kier alpha value is -3.29. The monoisotopic (exact) mass is 362 g/mol. The highest BCUT2D eigenvalue weighted by Gasteiger charge is 2.13. The summed E-state index contributed by atoms with van der Waals surface area (Å²) >= 11 is 0. The molecule has 0 fully saturated rings. The van der Waals surface area contributed by atoms with E-state index in [1.54, 1.807) is 31.2 Å². The van der Waals surface area contributed by atoms with Gasteiger partial charge >= 0.3 is 5.97 Å². The van der Waals surface area contributed by atoms with Gasteiger partial charge in [0.25, 0.3) is 5.91 Å². The minimum atomic E-state index is -1.10. The number of ether oxygens (including phenoxy) is 1. The van der Waals surface area contributed by atoms with Crippen LogP contribution in [0.5, 0.6) is 0 Å². The van der Waals surface area contributed by atoms with Crippen LogP contribution < -0.4 is 10.6 Å². The lowest BCUT2D eigenvalue weighted by atomic mass is 10.1. The zero-order chi connectivity index (χ0) is 19.1. The topological polar surface area (TPSA) is 84.5 Å². The largest absolute Gasteiger partial charge is 0.452 e. The predicted molar refractivity (Wildman–Crippen MR) is 89.5 cm³/mol. The van der Waals surface area contributed by atoms with E-state index >= 15 is 0 Å². The third kappa shape index (κ3) is 5.37. The third-order valence-corrected chi connectivity index (χ3v) is 3.35. The van der Waals surface area contributed by atoms with Gasteiger partial charge in [-0.25, -0.2) is 13.6 Å². The van der Waals surface area contributed by atoms with Crippen LogP contribution in [0.2, 0.25) is 0 Å². The first-order valence-corrected chi connectivity index (χ1v) is 7.61. The second kappa shape index (κ2) is 8.70. The van der Waals surface area contributed by atoms with Crippen molar-refractivity contribution >= 4 is 23.5 Å². The van der Waals surface area contributed by atoms with Crippen LogP contribution in [-0.2, 0) is 14.3 Å². The number of rotatable bonds is 6. The summed E-state index contributed by atoms with van der Waals surface area (Å²) in [7, 11) is 0. The zero-order valence-electron chi connectivity index (χ0n) is 13.8. The van der Waals surface area contributed by atoms with E-state index in [0.717, 1.165) is 12.1 Å². The van der Waals surface area contributed by atoms with Crippen LogP contribution in [0.3, 0.4) is 0 Å². The number of nitrogens with one attached hydrogen (secondary N) is 2. The van der Waals surface area contributed by atoms with Crippen LogP contribution in [0.4, 0.5) is 14.5 Å². The van der Waals surface area contributed by atoms with Crippen molar-refractivity contribution in [1.82, 2.24) is 5.32 Å². The molecule has 2 amide bonds. The number of aryl methyl sites for hydroxylation is 1. The highest BCUT2D eigenvalue weighted by atomic mass is 19.2. The number of benzene rings is 2. The average molecular weight is 362 g/mol. The molecule has 0 aliphatic rings. The van der Waals surface area contributed by atoms with Crippen LogP contribution in [0.15, 0.2) is 42.5 Å². The quantitative estimate of drug-likeness (QED) is 0.772. The molecule has 0 heterocycles. The van der Waals surface area contributed by atoms with Gasteiger partial charge in [-0.1, -0.05) is 18.2 Å². The van der Waals surface area contributed by atoms with Crippen molar-refractivity contribution < 1.29 is 27.9 Å². The predicted octanol–water partition coefficient (Wildman–Crippen LogP) is 2.18. The highest BCUT2D eigenvalue weighted by Crippen LogP contribution is 2.12. The van der Waals surface area contributed by atoms with Gasteiger partial charge in [0.05, 0.1) is 12.1 Å². The van der Waals surface area contributed by atoms with Gasteiger partial charge in [0.2, 0.25) is 5.91 Å². The maximum absolute atomic E-state index is 13.0. The van der Waals surface area contributed by atoms with Crippen LogP contribution in [0.1, 0.15) is 15.9 Å². The van der Waals surface area contributed by atoms with E-state index in [4.69, 9.17) is 4.74 Å². The smallest absolute Gasteiger partial charge is 0.338 e. The maximum atomic E-state index is 13.0. The zero-order valence-corrected chi connectivity index (χ0v) is 13.8. The van der Waals surface area contributed by atoms with E-state index in [2.05, 4.69) is 10.6 Å². The van der Waals surface area contributed by atoms with Crippen LogP contribution in [-0.4, -0.2) is 30.9 Å². The lowest BCUT2D eigenvalue weighted by molar-refractivity contribution is -0.126. The minimum Gasteiger partial charge on any atom is -0.452 e. The lowest BCUT2D eigenvalue weighted by Gasteiger charge is -2.09.